The van der Waals surface area contributed by atoms with Crippen LogP contribution in [-0.2, 0) is 17.9 Å². The molecule has 0 saturated carbocycles. The molecule has 0 aromatic heterocycles. The van der Waals surface area contributed by atoms with Gasteiger partial charge >= 0.3 is 0 Å². The summed E-state index contributed by atoms with van der Waals surface area (Å²) in [6, 6.07) is 13.7. The summed E-state index contributed by atoms with van der Waals surface area (Å²) in [5.41, 5.74) is 2.94. The molecule has 1 aliphatic rings. The molecule has 1 N–H and O–H groups in total. The number of ether oxygens (including phenoxy) is 1. The third kappa shape index (κ3) is 3.66. The summed E-state index contributed by atoms with van der Waals surface area (Å²) >= 11 is 6.21. The van der Waals surface area contributed by atoms with Gasteiger partial charge in [0.2, 0.25) is 0 Å². The van der Waals surface area contributed by atoms with Crippen LogP contribution in [0.4, 0.5) is 5.69 Å². The zero-order valence-corrected chi connectivity index (χ0v) is 13.9. The lowest BCUT2D eigenvalue weighted by Crippen LogP contribution is -2.34. The van der Waals surface area contributed by atoms with Gasteiger partial charge in [0.1, 0.15) is 5.75 Å². The van der Waals surface area contributed by atoms with Crippen molar-refractivity contribution < 1.29 is 9.53 Å². The first-order chi connectivity index (χ1) is 11.0. The normalized spacial score (nSPS) is 16.7. The summed E-state index contributed by atoms with van der Waals surface area (Å²) in [7, 11) is 2.04. The van der Waals surface area contributed by atoms with Gasteiger partial charge in [0.15, 0.2) is 6.10 Å². The van der Waals surface area contributed by atoms with Crippen molar-refractivity contribution in [3.05, 3.63) is 58.6 Å². The van der Waals surface area contributed by atoms with E-state index in [0.29, 0.717) is 0 Å². The van der Waals surface area contributed by atoms with Crippen molar-refractivity contribution >= 4 is 23.2 Å². The number of anilines is 1. The number of halogens is 1. The molecule has 0 spiro atoms. The van der Waals surface area contributed by atoms with E-state index in [2.05, 4.69) is 10.2 Å². The molecule has 1 heterocycles. The highest BCUT2D eigenvalue weighted by atomic mass is 35.5. The van der Waals surface area contributed by atoms with Crippen LogP contribution in [0.2, 0.25) is 5.02 Å². The molecule has 0 aliphatic carbocycles. The number of benzene rings is 2. The molecule has 1 aliphatic heterocycles. The zero-order chi connectivity index (χ0) is 16.4. The van der Waals surface area contributed by atoms with Gasteiger partial charge in [0, 0.05) is 18.1 Å². The molecule has 0 radical (unpaired) electrons. The lowest BCUT2D eigenvalue weighted by molar-refractivity contribution is -0.122. The predicted octanol–water partition coefficient (Wildman–Crippen LogP) is 3.69. The Bertz CT molecular complexity index is 733. The molecule has 5 heteroatoms. The van der Waals surface area contributed by atoms with Crippen molar-refractivity contribution in [2.45, 2.75) is 26.1 Å². The minimum atomic E-state index is -0.448. The van der Waals surface area contributed by atoms with Gasteiger partial charge in [-0.1, -0.05) is 35.9 Å². The van der Waals surface area contributed by atoms with Crippen LogP contribution in [0.5, 0.6) is 5.75 Å². The number of nitrogens with zero attached hydrogens (tertiary/aromatic N) is 1. The summed E-state index contributed by atoms with van der Waals surface area (Å²) in [5, 5.41) is 3.66. The average molecular weight is 331 g/mol. The summed E-state index contributed by atoms with van der Waals surface area (Å²) in [5.74, 6) is 0.605. The fraction of sp³-hybridized carbons (Fsp3) is 0.278. The van der Waals surface area contributed by atoms with Gasteiger partial charge < -0.3 is 10.1 Å². The number of hydrogen-bond acceptors (Lipinski definition) is 3. The first-order valence-corrected chi connectivity index (χ1v) is 7.93. The van der Waals surface area contributed by atoms with Crippen molar-refractivity contribution in [2.24, 2.45) is 0 Å². The van der Waals surface area contributed by atoms with Crippen LogP contribution in [0.3, 0.4) is 0 Å². The highest BCUT2D eigenvalue weighted by Gasteiger charge is 2.23. The molecule has 0 bridgehead atoms. The minimum Gasteiger partial charge on any atom is -0.479 e. The lowest BCUT2D eigenvalue weighted by Gasteiger charge is -2.24. The van der Waals surface area contributed by atoms with Crippen LogP contribution >= 0.6 is 11.6 Å². The summed E-state index contributed by atoms with van der Waals surface area (Å²) < 4.78 is 5.57. The fourth-order valence-electron chi connectivity index (χ4n) is 2.64. The van der Waals surface area contributed by atoms with E-state index < -0.39 is 6.10 Å². The van der Waals surface area contributed by atoms with Crippen LogP contribution in [0.1, 0.15) is 18.1 Å². The molecule has 23 heavy (non-hydrogen) atoms. The number of carbonyl (C=O) groups is 1. The van der Waals surface area contributed by atoms with Crippen LogP contribution in [0.15, 0.2) is 42.5 Å². The fourth-order valence-corrected chi connectivity index (χ4v) is 2.83. The van der Waals surface area contributed by atoms with Gasteiger partial charge in [-0.25, -0.2) is 0 Å². The van der Waals surface area contributed by atoms with E-state index in [4.69, 9.17) is 16.3 Å². The monoisotopic (exact) mass is 330 g/mol. The molecular weight excluding hydrogens is 312 g/mol. The van der Waals surface area contributed by atoms with Crippen LogP contribution in [-0.4, -0.2) is 24.0 Å². The largest absolute Gasteiger partial charge is 0.479 e. The van der Waals surface area contributed by atoms with E-state index in [1.54, 1.807) is 6.92 Å². The van der Waals surface area contributed by atoms with E-state index in [0.717, 1.165) is 40.7 Å². The van der Waals surface area contributed by atoms with Gasteiger partial charge in [-0.15, -0.1) is 0 Å². The number of amides is 1. The van der Waals surface area contributed by atoms with Crippen LogP contribution in [0.25, 0.3) is 0 Å². The maximum absolute atomic E-state index is 11.7. The zero-order valence-electron chi connectivity index (χ0n) is 13.2. The van der Waals surface area contributed by atoms with E-state index in [-0.39, 0.29) is 5.91 Å². The quantitative estimate of drug-likeness (QED) is 0.929. The number of carbonyl (C=O) groups excluding carboxylic acids is 1. The molecule has 4 nitrogen and oxygen atoms in total. The van der Waals surface area contributed by atoms with E-state index in [9.17, 15) is 4.79 Å². The summed E-state index contributed by atoms with van der Waals surface area (Å²) in [4.78, 5) is 13.9. The van der Waals surface area contributed by atoms with Gasteiger partial charge in [0.25, 0.3) is 5.91 Å². The molecule has 0 saturated heterocycles. The van der Waals surface area contributed by atoms with E-state index >= 15 is 0 Å². The van der Waals surface area contributed by atoms with Gasteiger partial charge in [-0.05, 0) is 43.3 Å². The van der Waals surface area contributed by atoms with E-state index in [1.165, 1.54) is 0 Å². The Morgan fingerprint density at radius 2 is 2.00 bits per heavy atom. The smallest absolute Gasteiger partial charge is 0.265 e. The molecule has 120 valence electrons. The maximum Gasteiger partial charge on any atom is 0.265 e. The second-order valence-electron chi connectivity index (χ2n) is 5.84. The lowest BCUT2D eigenvalue weighted by atomic mass is 10.1. The number of rotatable bonds is 4. The Morgan fingerprint density at radius 3 is 2.78 bits per heavy atom. The minimum absolute atomic E-state index is 0.112. The number of nitrogens with one attached hydrogen (secondary N) is 1. The molecule has 1 atom stereocenters. The topological polar surface area (TPSA) is 41.6 Å². The third-order valence-electron chi connectivity index (χ3n) is 3.83. The average Bonchev–Trinajstić information content (AvgIpc) is 2.51. The number of hydrogen-bond donors (Lipinski definition) is 1. The van der Waals surface area contributed by atoms with E-state index in [1.807, 2.05) is 49.5 Å². The molecule has 1 unspecified atom stereocenters. The first kappa shape index (κ1) is 15.8. The van der Waals surface area contributed by atoms with Crippen LogP contribution < -0.4 is 10.1 Å². The Kier molecular flexibility index (Phi) is 4.55. The molecule has 0 fully saturated rings. The second kappa shape index (κ2) is 6.60. The Hall–Kier alpha value is -2.04. The van der Waals surface area contributed by atoms with Crippen molar-refractivity contribution in [3.63, 3.8) is 0 Å². The second-order valence-corrected chi connectivity index (χ2v) is 6.25. The van der Waals surface area contributed by atoms with Crippen LogP contribution in [0, 0.1) is 0 Å². The van der Waals surface area contributed by atoms with Gasteiger partial charge in [-0.2, -0.15) is 0 Å². The highest BCUT2D eigenvalue weighted by Crippen LogP contribution is 2.30. The SMILES string of the molecule is CC1Oc2ccc(CN(C)Cc3ccccc3Cl)cc2NC1=O. The first-order valence-electron chi connectivity index (χ1n) is 7.55. The highest BCUT2D eigenvalue weighted by molar-refractivity contribution is 6.31. The van der Waals surface area contributed by atoms with Crippen molar-refractivity contribution in [1.29, 1.82) is 0 Å². The Morgan fingerprint density at radius 1 is 1.22 bits per heavy atom. The molecule has 2 aromatic carbocycles. The van der Waals surface area contributed by atoms with Crippen molar-refractivity contribution in [2.75, 3.05) is 12.4 Å². The molecular formula is C18H19ClN2O2. The van der Waals surface area contributed by atoms with Gasteiger partial charge in [0.05, 0.1) is 5.69 Å². The standard InChI is InChI=1S/C18H19ClN2O2/c1-12-18(22)20-16-9-13(7-8-17(16)23-12)10-21(2)11-14-5-3-4-6-15(14)19/h3-9,12H,10-11H2,1-2H3,(H,20,22). The summed E-state index contributed by atoms with van der Waals surface area (Å²) in [6.45, 7) is 3.25. The number of fused-ring (bicyclic) bond motifs is 1. The predicted molar refractivity (Wildman–Crippen MR) is 91.8 cm³/mol. The molecule has 2 aromatic rings. The summed E-state index contributed by atoms with van der Waals surface area (Å²) in [6.07, 6.45) is -0.448. The maximum atomic E-state index is 11.7. The third-order valence-corrected chi connectivity index (χ3v) is 4.19. The molecule has 3 rings (SSSR count). The van der Waals surface area contributed by atoms with Crippen molar-refractivity contribution in [3.8, 4) is 5.75 Å². The Balaban J connectivity index is 1.70. The Labute approximate surface area is 141 Å². The van der Waals surface area contributed by atoms with Gasteiger partial charge in [-0.3, -0.25) is 9.69 Å². The molecule has 1 amide bonds. The van der Waals surface area contributed by atoms with Crippen molar-refractivity contribution in [1.82, 2.24) is 4.90 Å².